The molecule has 6 nitrogen and oxygen atoms in total. The van der Waals surface area contributed by atoms with Crippen molar-refractivity contribution >= 4 is 22.8 Å². The van der Waals surface area contributed by atoms with E-state index in [1.54, 1.807) is 0 Å². The number of aliphatic hydroxyl groups excluding tert-OH is 1. The molecule has 0 radical (unpaired) electrons. The summed E-state index contributed by atoms with van der Waals surface area (Å²) in [5.74, 6) is -0.0713. The van der Waals surface area contributed by atoms with Gasteiger partial charge in [0.2, 0.25) is 5.95 Å². The van der Waals surface area contributed by atoms with Crippen LogP contribution in [0.1, 0.15) is 27.2 Å². The van der Waals surface area contributed by atoms with E-state index in [-0.39, 0.29) is 18.5 Å². The van der Waals surface area contributed by atoms with Crippen LogP contribution in [0.25, 0.3) is 22.0 Å². The molecule has 4 aromatic rings. The van der Waals surface area contributed by atoms with Gasteiger partial charge in [-0.15, -0.1) is 0 Å². The molecule has 3 N–H and O–H groups in total. The molecule has 0 spiro atoms. The fourth-order valence-electron chi connectivity index (χ4n) is 4.24. The summed E-state index contributed by atoms with van der Waals surface area (Å²) in [7, 11) is 0. The van der Waals surface area contributed by atoms with Gasteiger partial charge in [0, 0.05) is 18.5 Å². The van der Waals surface area contributed by atoms with Crippen LogP contribution in [0.2, 0.25) is 0 Å². The molecule has 0 fully saturated rings. The Hall–Kier alpha value is -3.77. The van der Waals surface area contributed by atoms with Crippen molar-refractivity contribution in [2.45, 2.75) is 19.6 Å². The summed E-state index contributed by atoms with van der Waals surface area (Å²) in [4.78, 5) is 24.0. The van der Waals surface area contributed by atoms with E-state index in [0.29, 0.717) is 29.7 Å². The average molecular weight is 410 g/mol. The number of amides is 1. The van der Waals surface area contributed by atoms with Crippen molar-refractivity contribution in [3.05, 3.63) is 89.1 Å². The summed E-state index contributed by atoms with van der Waals surface area (Å²) in [6, 6.07) is 21.5. The molecule has 0 saturated carbocycles. The molecule has 0 atom stereocenters. The standard InChI is InChI=1S/C25H22N4O2/c26-25-27-22-10-9-17(20-8-4-3-7-19(20)15-30)13-21(22)23(28-25)24(31)29-12-11-16-5-1-2-6-18(16)14-29/h1-10,13,30H,11-12,14-15H2,(H2,26,27,28). The van der Waals surface area contributed by atoms with Crippen LogP contribution in [0.5, 0.6) is 0 Å². The fraction of sp³-hybridized carbons (Fsp3) is 0.160. The van der Waals surface area contributed by atoms with Crippen LogP contribution >= 0.6 is 0 Å². The van der Waals surface area contributed by atoms with Gasteiger partial charge in [-0.3, -0.25) is 4.79 Å². The van der Waals surface area contributed by atoms with Gasteiger partial charge < -0.3 is 15.7 Å². The molecule has 0 saturated heterocycles. The highest BCUT2D eigenvalue weighted by Gasteiger charge is 2.25. The fourth-order valence-corrected chi connectivity index (χ4v) is 4.24. The lowest BCUT2D eigenvalue weighted by atomic mass is 9.97. The van der Waals surface area contributed by atoms with Crippen molar-refractivity contribution in [2.75, 3.05) is 12.3 Å². The number of nitrogens with zero attached hydrogens (tertiary/aromatic N) is 3. The first-order valence-corrected chi connectivity index (χ1v) is 10.3. The van der Waals surface area contributed by atoms with E-state index in [1.165, 1.54) is 5.56 Å². The second-order valence-electron chi connectivity index (χ2n) is 7.72. The van der Waals surface area contributed by atoms with Crippen molar-refractivity contribution in [1.29, 1.82) is 0 Å². The number of nitrogen functional groups attached to an aromatic ring is 1. The van der Waals surface area contributed by atoms with Crippen LogP contribution in [0.15, 0.2) is 66.7 Å². The molecule has 1 amide bonds. The maximum Gasteiger partial charge on any atom is 0.273 e. The Morgan fingerprint density at radius 2 is 1.77 bits per heavy atom. The van der Waals surface area contributed by atoms with Crippen LogP contribution in [0.3, 0.4) is 0 Å². The Morgan fingerprint density at radius 3 is 2.61 bits per heavy atom. The highest BCUT2D eigenvalue weighted by Crippen LogP contribution is 2.29. The maximum atomic E-state index is 13.5. The summed E-state index contributed by atoms with van der Waals surface area (Å²) >= 11 is 0. The zero-order valence-corrected chi connectivity index (χ0v) is 17.0. The minimum Gasteiger partial charge on any atom is -0.392 e. The van der Waals surface area contributed by atoms with Crippen LogP contribution < -0.4 is 5.73 Å². The van der Waals surface area contributed by atoms with Crippen LogP contribution in [-0.2, 0) is 19.6 Å². The topological polar surface area (TPSA) is 92.3 Å². The van der Waals surface area contributed by atoms with Crippen molar-refractivity contribution < 1.29 is 9.90 Å². The Labute approximate surface area is 180 Å². The first kappa shape index (κ1) is 19.2. The van der Waals surface area contributed by atoms with E-state index < -0.39 is 0 Å². The molecule has 5 rings (SSSR count). The van der Waals surface area contributed by atoms with E-state index in [9.17, 15) is 9.90 Å². The van der Waals surface area contributed by atoms with Gasteiger partial charge in [-0.25, -0.2) is 9.97 Å². The third kappa shape index (κ3) is 3.51. The smallest absolute Gasteiger partial charge is 0.273 e. The Balaban J connectivity index is 1.59. The number of hydrogen-bond acceptors (Lipinski definition) is 5. The highest BCUT2D eigenvalue weighted by molar-refractivity contribution is 6.05. The monoisotopic (exact) mass is 410 g/mol. The van der Waals surface area contributed by atoms with Gasteiger partial charge in [-0.1, -0.05) is 54.6 Å². The number of benzene rings is 3. The molecule has 1 aromatic heterocycles. The quantitative estimate of drug-likeness (QED) is 0.539. The number of hydrogen-bond donors (Lipinski definition) is 2. The zero-order valence-electron chi connectivity index (χ0n) is 17.0. The lowest BCUT2D eigenvalue weighted by Gasteiger charge is -2.29. The molecule has 2 heterocycles. The van der Waals surface area contributed by atoms with E-state index in [0.717, 1.165) is 28.7 Å². The van der Waals surface area contributed by atoms with Gasteiger partial charge in [0.15, 0.2) is 0 Å². The first-order chi connectivity index (χ1) is 15.1. The Kier molecular flexibility index (Phi) is 4.84. The summed E-state index contributed by atoms with van der Waals surface area (Å²) < 4.78 is 0. The minimum absolute atomic E-state index is 0.0641. The summed E-state index contributed by atoms with van der Waals surface area (Å²) in [5.41, 5.74) is 11.9. The SMILES string of the molecule is Nc1nc(C(=O)N2CCc3ccccc3C2)c2cc(-c3ccccc3CO)ccc2n1. The van der Waals surface area contributed by atoms with Crippen LogP contribution in [0, 0.1) is 0 Å². The van der Waals surface area contributed by atoms with Gasteiger partial charge >= 0.3 is 0 Å². The molecule has 154 valence electrons. The summed E-state index contributed by atoms with van der Waals surface area (Å²) in [6.45, 7) is 1.12. The van der Waals surface area contributed by atoms with Crippen molar-refractivity contribution in [1.82, 2.24) is 14.9 Å². The normalized spacial score (nSPS) is 13.3. The van der Waals surface area contributed by atoms with Gasteiger partial charge in [0.05, 0.1) is 12.1 Å². The van der Waals surface area contributed by atoms with E-state index in [2.05, 4.69) is 22.1 Å². The van der Waals surface area contributed by atoms with Gasteiger partial charge in [0.25, 0.3) is 5.91 Å². The number of fused-ring (bicyclic) bond motifs is 2. The number of rotatable bonds is 3. The molecule has 3 aromatic carbocycles. The molecular formula is C25H22N4O2. The van der Waals surface area contributed by atoms with E-state index in [1.807, 2.05) is 59.5 Å². The first-order valence-electron chi connectivity index (χ1n) is 10.3. The van der Waals surface area contributed by atoms with Crippen LogP contribution in [-0.4, -0.2) is 32.4 Å². The number of carbonyl (C=O) groups is 1. The zero-order chi connectivity index (χ0) is 21.4. The maximum absolute atomic E-state index is 13.5. The van der Waals surface area contributed by atoms with Gasteiger partial charge in [-0.2, -0.15) is 0 Å². The van der Waals surface area contributed by atoms with Crippen molar-refractivity contribution in [3.63, 3.8) is 0 Å². The number of carbonyl (C=O) groups excluding carboxylic acids is 1. The lowest BCUT2D eigenvalue weighted by Crippen LogP contribution is -2.36. The molecule has 31 heavy (non-hydrogen) atoms. The minimum atomic E-state index is -0.152. The van der Waals surface area contributed by atoms with Crippen molar-refractivity contribution in [2.24, 2.45) is 0 Å². The third-order valence-electron chi connectivity index (χ3n) is 5.83. The highest BCUT2D eigenvalue weighted by atomic mass is 16.3. The average Bonchev–Trinajstić information content (AvgIpc) is 2.82. The molecule has 1 aliphatic rings. The Bertz CT molecular complexity index is 1300. The molecule has 0 unspecified atom stereocenters. The van der Waals surface area contributed by atoms with E-state index in [4.69, 9.17) is 5.73 Å². The molecule has 0 aliphatic carbocycles. The number of anilines is 1. The second kappa shape index (κ2) is 7.81. The van der Waals surface area contributed by atoms with E-state index >= 15 is 0 Å². The molecular weight excluding hydrogens is 388 g/mol. The van der Waals surface area contributed by atoms with Crippen LogP contribution in [0.4, 0.5) is 5.95 Å². The summed E-state index contributed by atoms with van der Waals surface area (Å²) in [6.07, 6.45) is 0.815. The second-order valence-corrected chi connectivity index (χ2v) is 7.72. The van der Waals surface area contributed by atoms with Gasteiger partial charge in [-0.05, 0) is 46.4 Å². The van der Waals surface area contributed by atoms with Crippen molar-refractivity contribution in [3.8, 4) is 11.1 Å². The molecule has 0 bridgehead atoms. The predicted octanol–water partition coefficient (Wildman–Crippen LogP) is 3.57. The third-order valence-corrected chi connectivity index (χ3v) is 5.83. The molecule has 1 aliphatic heterocycles. The van der Waals surface area contributed by atoms with Gasteiger partial charge in [0.1, 0.15) is 5.69 Å². The number of aliphatic hydroxyl groups is 1. The predicted molar refractivity (Wildman–Crippen MR) is 120 cm³/mol. The largest absolute Gasteiger partial charge is 0.392 e. The molecule has 6 heteroatoms. The number of nitrogens with two attached hydrogens (primary N) is 1. The number of aromatic nitrogens is 2. The lowest BCUT2D eigenvalue weighted by molar-refractivity contribution is 0.0731. The Morgan fingerprint density at radius 1 is 1.00 bits per heavy atom. The summed E-state index contributed by atoms with van der Waals surface area (Å²) in [5, 5.41) is 10.4.